The first kappa shape index (κ1) is 14.6. The molecule has 3 heteroatoms. The Labute approximate surface area is 110 Å². The van der Waals surface area contributed by atoms with E-state index in [4.69, 9.17) is 4.74 Å². The predicted molar refractivity (Wildman–Crippen MR) is 73.9 cm³/mol. The molecule has 0 aliphatic rings. The second-order valence-electron chi connectivity index (χ2n) is 4.38. The summed E-state index contributed by atoms with van der Waals surface area (Å²) in [5.74, 6) is 0.612. The summed E-state index contributed by atoms with van der Waals surface area (Å²) >= 11 is 0. The zero-order valence-corrected chi connectivity index (χ0v) is 11.4. The quantitative estimate of drug-likeness (QED) is 0.728. The average molecular weight is 249 g/mol. The molecule has 1 amide bonds. The van der Waals surface area contributed by atoms with Crippen molar-refractivity contribution in [2.45, 2.75) is 39.5 Å². The largest absolute Gasteiger partial charge is 0.415 e. The van der Waals surface area contributed by atoms with E-state index < -0.39 is 0 Å². The van der Waals surface area contributed by atoms with Gasteiger partial charge in [-0.2, -0.15) is 0 Å². The molecular weight excluding hydrogens is 226 g/mol. The van der Waals surface area contributed by atoms with Crippen molar-refractivity contribution in [3.63, 3.8) is 0 Å². The van der Waals surface area contributed by atoms with Gasteiger partial charge < -0.3 is 9.64 Å². The lowest BCUT2D eigenvalue weighted by molar-refractivity contribution is 0.150. The Hall–Kier alpha value is -1.51. The molecule has 1 aromatic carbocycles. The van der Waals surface area contributed by atoms with E-state index in [9.17, 15) is 4.79 Å². The zero-order chi connectivity index (χ0) is 13.2. The summed E-state index contributed by atoms with van der Waals surface area (Å²) < 4.78 is 5.36. The van der Waals surface area contributed by atoms with Crippen LogP contribution in [-0.2, 0) is 0 Å². The summed E-state index contributed by atoms with van der Waals surface area (Å²) in [5, 5.41) is 0. The van der Waals surface area contributed by atoms with Crippen LogP contribution in [0, 0.1) is 0 Å². The monoisotopic (exact) mass is 249 g/mol. The highest BCUT2D eigenvalue weighted by molar-refractivity contribution is 5.70. The van der Waals surface area contributed by atoms with Gasteiger partial charge in [-0.15, -0.1) is 0 Å². The lowest BCUT2D eigenvalue weighted by atomic mass is 10.3. The van der Waals surface area contributed by atoms with Gasteiger partial charge in [0.1, 0.15) is 5.75 Å². The van der Waals surface area contributed by atoms with Crippen LogP contribution in [0.25, 0.3) is 0 Å². The highest BCUT2D eigenvalue weighted by Crippen LogP contribution is 2.11. The van der Waals surface area contributed by atoms with Crippen molar-refractivity contribution < 1.29 is 9.53 Å². The number of carbonyl (C=O) groups is 1. The van der Waals surface area contributed by atoms with Crippen LogP contribution in [0.2, 0.25) is 0 Å². The van der Waals surface area contributed by atoms with Gasteiger partial charge in [-0.05, 0) is 25.0 Å². The Kier molecular flexibility index (Phi) is 6.92. The fourth-order valence-corrected chi connectivity index (χ4v) is 1.65. The van der Waals surface area contributed by atoms with E-state index in [0.717, 1.165) is 38.8 Å². The van der Waals surface area contributed by atoms with Crippen molar-refractivity contribution in [2.24, 2.45) is 0 Å². The SMILES string of the molecule is CCCCN(CCCC)C(=O)Oc1ccccc1. The number of hydrogen-bond donors (Lipinski definition) is 0. The van der Waals surface area contributed by atoms with Gasteiger partial charge in [-0.3, -0.25) is 0 Å². The molecule has 0 saturated carbocycles. The van der Waals surface area contributed by atoms with Crippen molar-refractivity contribution >= 4 is 6.09 Å². The number of rotatable bonds is 7. The first-order valence-corrected chi connectivity index (χ1v) is 6.79. The number of benzene rings is 1. The number of hydrogen-bond acceptors (Lipinski definition) is 2. The minimum absolute atomic E-state index is 0.233. The Bertz CT molecular complexity index is 330. The number of carbonyl (C=O) groups excluding carboxylic acids is 1. The van der Waals surface area contributed by atoms with E-state index in [-0.39, 0.29) is 6.09 Å². The Morgan fingerprint density at radius 3 is 2.11 bits per heavy atom. The highest BCUT2D eigenvalue weighted by Gasteiger charge is 2.14. The smallest absolute Gasteiger partial charge is 0.410 e. The molecule has 0 bridgehead atoms. The van der Waals surface area contributed by atoms with Crippen molar-refractivity contribution in [1.82, 2.24) is 4.90 Å². The average Bonchev–Trinajstić information content (AvgIpc) is 2.40. The molecule has 18 heavy (non-hydrogen) atoms. The number of nitrogens with zero attached hydrogens (tertiary/aromatic N) is 1. The second kappa shape index (κ2) is 8.56. The van der Waals surface area contributed by atoms with Gasteiger partial charge in [0.05, 0.1) is 0 Å². The molecular formula is C15H23NO2. The molecule has 0 aromatic heterocycles. The Balaban J connectivity index is 2.52. The normalized spacial score (nSPS) is 10.1. The highest BCUT2D eigenvalue weighted by atomic mass is 16.6. The van der Waals surface area contributed by atoms with E-state index in [1.165, 1.54) is 0 Å². The maximum Gasteiger partial charge on any atom is 0.415 e. The molecule has 0 N–H and O–H groups in total. The number of amides is 1. The Morgan fingerprint density at radius 2 is 1.61 bits per heavy atom. The summed E-state index contributed by atoms with van der Waals surface area (Å²) in [6.45, 7) is 5.81. The third kappa shape index (κ3) is 5.21. The van der Waals surface area contributed by atoms with Crippen LogP contribution in [0.1, 0.15) is 39.5 Å². The van der Waals surface area contributed by atoms with Gasteiger partial charge in [0.2, 0.25) is 0 Å². The molecule has 0 radical (unpaired) electrons. The van der Waals surface area contributed by atoms with Gasteiger partial charge in [0.15, 0.2) is 0 Å². The van der Waals surface area contributed by atoms with Gasteiger partial charge in [-0.1, -0.05) is 44.9 Å². The van der Waals surface area contributed by atoms with Crippen LogP contribution in [-0.4, -0.2) is 24.1 Å². The van der Waals surface area contributed by atoms with Gasteiger partial charge in [0.25, 0.3) is 0 Å². The molecule has 0 aliphatic heterocycles. The van der Waals surface area contributed by atoms with Crippen LogP contribution in [0.5, 0.6) is 5.75 Å². The van der Waals surface area contributed by atoms with Crippen LogP contribution in [0.3, 0.4) is 0 Å². The van der Waals surface area contributed by atoms with E-state index in [0.29, 0.717) is 5.75 Å². The van der Waals surface area contributed by atoms with Crippen molar-refractivity contribution in [2.75, 3.05) is 13.1 Å². The molecule has 0 spiro atoms. The predicted octanol–water partition coefficient (Wildman–Crippen LogP) is 4.09. The summed E-state index contributed by atoms with van der Waals surface area (Å²) in [6, 6.07) is 9.24. The van der Waals surface area contributed by atoms with Crippen molar-refractivity contribution in [3.05, 3.63) is 30.3 Å². The van der Waals surface area contributed by atoms with Gasteiger partial charge >= 0.3 is 6.09 Å². The molecule has 0 fully saturated rings. The maximum atomic E-state index is 12.0. The first-order chi connectivity index (χ1) is 8.77. The third-order valence-electron chi connectivity index (χ3n) is 2.77. The molecule has 1 rings (SSSR count). The molecule has 0 unspecified atom stereocenters. The minimum Gasteiger partial charge on any atom is -0.410 e. The second-order valence-corrected chi connectivity index (χ2v) is 4.38. The Morgan fingerprint density at radius 1 is 1.06 bits per heavy atom. The molecule has 0 aliphatic carbocycles. The van der Waals surface area contributed by atoms with Crippen molar-refractivity contribution in [3.8, 4) is 5.75 Å². The molecule has 0 heterocycles. The molecule has 3 nitrogen and oxygen atoms in total. The van der Waals surface area contributed by atoms with E-state index in [1.54, 1.807) is 17.0 Å². The molecule has 0 saturated heterocycles. The minimum atomic E-state index is -0.233. The maximum absolute atomic E-state index is 12.0. The van der Waals surface area contributed by atoms with Crippen LogP contribution in [0.15, 0.2) is 30.3 Å². The lowest BCUT2D eigenvalue weighted by Gasteiger charge is -2.21. The summed E-state index contributed by atoms with van der Waals surface area (Å²) in [4.78, 5) is 13.8. The first-order valence-electron chi connectivity index (χ1n) is 6.79. The van der Waals surface area contributed by atoms with E-state index >= 15 is 0 Å². The van der Waals surface area contributed by atoms with Crippen LogP contribution >= 0.6 is 0 Å². The van der Waals surface area contributed by atoms with Gasteiger partial charge in [-0.25, -0.2) is 4.79 Å². The fourth-order valence-electron chi connectivity index (χ4n) is 1.65. The number of para-hydroxylation sites is 1. The zero-order valence-electron chi connectivity index (χ0n) is 11.4. The summed E-state index contributed by atoms with van der Waals surface area (Å²) in [5.41, 5.74) is 0. The van der Waals surface area contributed by atoms with E-state index in [1.807, 2.05) is 18.2 Å². The lowest BCUT2D eigenvalue weighted by Crippen LogP contribution is -2.35. The topological polar surface area (TPSA) is 29.5 Å². The van der Waals surface area contributed by atoms with Crippen LogP contribution in [0.4, 0.5) is 4.79 Å². The number of unbranched alkanes of at least 4 members (excludes halogenated alkanes) is 2. The molecule has 100 valence electrons. The summed E-state index contributed by atoms with van der Waals surface area (Å²) in [6.07, 6.45) is 3.98. The van der Waals surface area contributed by atoms with E-state index in [2.05, 4.69) is 13.8 Å². The molecule has 1 aromatic rings. The number of ether oxygens (including phenoxy) is 1. The van der Waals surface area contributed by atoms with Crippen LogP contribution < -0.4 is 4.74 Å². The van der Waals surface area contributed by atoms with Crippen molar-refractivity contribution in [1.29, 1.82) is 0 Å². The standard InChI is InChI=1S/C15H23NO2/c1-3-5-12-16(13-6-4-2)15(17)18-14-10-8-7-9-11-14/h7-11H,3-6,12-13H2,1-2H3. The molecule has 0 atom stereocenters. The summed E-state index contributed by atoms with van der Waals surface area (Å²) in [7, 11) is 0. The fraction of sp³-hybridized carbons (Fsp3) is 0.533. The third-order valence-corrected chi connectivity index (χ3v) is 2.77. The van der Waals surface area contributed by atoms with Gasteiger partial charge in [0, 0.05) is 13.1 Å².